The quantitative estimate of drug-likeness (QED) is 0.805. The number of methoxy groups -OCH3 is 2. The van der Waals surface area contributed by atoms with Crippen LogP contribution in [0.1, 0.15) is 36.0 Å². The van der Waals surface area contributed by atoms with Crippen LogP contribution in [-0.4, -0.2) is 42.5 Å². The van der Waals surface area contributed by atoms with Gasteiger partial charge in [-0.1, -0.05) is 0 Å². The molecule has 1 aromatic rings. The second-order valence-electron chi connectivity index (χ2n) is 5.73. The van der Waals surface area contributed by atoms with Gasteiger partial charge in [0.25, 0.3) is 5.91 Å². The average Bonchev–Trinajstić information content (AvgIpc) is 2.77. The maximum atomic E-state index is 13.0. The van der Waals surface area contributed by atoms with Gasteiger partial charge in [-0.25, -0.2) is 0 Å². The summed E-state index contributed by atoms with van der Waals surface area (Å²) in [6, 6.07) is 5.86. The first-order valence-electron chi connectivity index (χ1n) is 7.32. The van der Waals surface area contributed by atoms with Crippen LogP contribution in [0.5, 0.6) is 11.5 Å². The molecule has 2 heterocycles. The third-order valence-electron chi connectivity index (χ3n) is 4.55. The smallest absolute Gasteiger partial charge is 0.258 e. The first kappa shape index (κ1) is 14.5. The van der Waals surface area contributed by atoms with Gasteiger partial charge in [0.2, 0.25) is 0 Å². The Morgan fingerprint density at radius 3 is 2.43 bits per heavy atom. The van der Waals surface area contributed by atoms with E-state index in [0.717, 1.165) is 25.7 Å². The standard InChI is InChI=1S/C16H20ClNO3/c1-20-13-5-6-15(21-2)14(9-13)16(19)18-11-3-4-12(18)8-10(17)7-11/h5-6,9-12H,3-4,7-8H2,1-2H3. The molecule has 0 aromatic heterocycles. The fourth-order valence-electron chi connectivity index (χ4n) is 3.56. The molecule has 2 bridgehead atoms. The first-order chi connectivity index (χ1) is 10.1. The number of hydrogen-bond acceptors (Lipinski definition) is 3. The minimum Gasteiger partial charge on any atom is -0.497 e. The highest BCUT2D eigenvalue weighted by atomic mass is 35.5. The molecule has 5 heteroatoms. The molecule has 2 aliphatic heterocycles. The van der Waals surface area contributed by atoms with Crippen molar-refractivity contribution in [3.8, 4) is 11.5 Å². The molecule has 1 amide bonds. The van der Waals surface area contributed by atoms with E-state index in [-0.39, 0.29) is 23.4 Å². The second-order valence-corrected chi connectivity index (χ2v) is 6.35. The van der Waals surface area contributed by atoms with Gasteiger partial charge in [-0.05, 0) is 43.9 Å². The number of halogens is 1. The molecule has 2 unspecified atom stereocenters. The van der Waals surface area contributed by atoms with Crippen molar-refractivity contribution in [2.45, 2.75) is 43.1 Å². The van der Waals surface area contributed by atoms with E-state index in [0.29, 0.717) is 17.1 Å². The summed E-state index contributed by atoms with van der Waals surface area (Å²) in [6.45, 7) is 0. The van der Waals surface area contributed by atoms with Crippen molar-refractivity contribution in [3.05, 3.63) is 23.8 Å². The van der Waals surface area contributed by atoms with Crippen LogP contribution in [-0.2, 0) is 0 Å². The van der Waals surface area contributed by atoms with Crippen LogP contribution in [0.2, 0.25) is 0 Å². The largest absolute Gasteiger partial charge is 0.497 e. The molecule has 3 rings (SSSR count). The summed E-state index contributed by atoms with van der Waals surface area (Å²) in [4.78, 5) is 15.0. The molecule has 2 saturated heterocycles. The number of nitrogens with zero attached hydrogens (tertiary/aromatic N) is 1. The van der Waals surface area contributed by atoms with Crippen LogP contribution in [0.3, 0.4) is 0 Å². The lowest BCUT2D eigenvalue weighted by molar-refractivity contribution is 0.0596. The Morgan fingerprint density at radius 2 is 1.86 bits per heavy atom. The molecule has 1 aromatic carbocycles. The normalized spacial score (nSPS) is 27.6. The van der Waals surface area contributed by atoms with E-state index in [4.69, 9.17) is 21.1 Å². The Morgan fingerprint density at radius 1 is 1.19 bits per heavy atom. The topological polar surface area (TPSA) is 38.8 Å². The van der Waals surface area contributed by atoms with Gasteiger partial charge in [0.1, 0.15) is 11.5 Å². The summed E-state index contributed by atoms with van der Waals surface area (Å²) in [7, 11) is 3.18. The number of benzene rings is 1. The van der Waals surface area contributed by atoms with Crippen molar-refractivity contribution in [1.29, 1.82) is 0 Å². The number of carbonyl (C=O) groups excluding carboxylic acids is 1. The van der Waals surface area contributed by atoms with Gasteiger partial charge in [-0.3, -0.25) is 4.79 Å². The lowest BCUT2D eigenvalue weighted by Crippen LogP contribution is -2.47. The Bertz CT molecular complexity index is 534. The van der Waals surface area contributed by atoms with Gasteiger partial charge >= 0.3 is 0 Å². The molecule has 0 radical (unpaired) electrons. The highest BCUT2D eigenvalue weighted by Gasteiger charge is 2.43. The van der Waals surface area contributed by atoms with E-state index in [1.165, 1.54) is 0 Å². The summed E-state index contributed by atoms with van der Waals surface area (Å²) in [6.07, 6.45) is 3.87. The fraction of sp³-hybridized carbons (Fsp3) is 0.562. The van der Waals surface area contributed by atoms with E-state index in [1.807, 2.05) is 4.90 Å². The molecule has 4 nitrogen and oxygen atoms in total. The Labute approximate surface area is 130 Å². The van der Waals surface area contributed by atoms with Crippen molar-refractivity contribution in [2.24, 2.45) is 0 Å². The molecule has 0 spiro atoms. The van der Waals surface area contributed by atoms with Crippen LogP contribution >= 0.6 is 11.6 Å². The van der Waals surface area contributed by atoms with E-state index in [1.54, 1.807) is 32.4 Å². The number of piperidine rings is 1. The summed E-state index contributed by atoms with van der Waals surface area (Å²) >= 11 is 6.29. The third kappa shape index (κ3) is 2.57. The number of ether oxygens (including phenoxy) is 2. The molecule has 0 N–H and O–H groups in total. The van der Waals surface area contributed by atoms with Gasteiger partial charge in [0.15, 0.2) is 0 Å². The SMILES string of the molecule is COc1ccc(OC)c(C(=O)N2C3CCC2CC(Cl)C3)c1. The van der Waals surface area contributed by atoms with Crippen molar-refractivity contribution < 1.29 is 14.3 Å². The van der Waals surface area contributed by atoms with E-state index in [2.05, 4.69) is 0 Å². The number of amides is 1. The number of rotatable bonds is 3. The second kappa shape index (κ2) is 5.76. The lowest BCUT2D eigenvalue weighted by Gasteiger charge is -2.37. The van der Waals surface area contributed by atoms with Crippen LogP contribution < -0.4 is 9.47 Å². The number of fused-ring (bicyclic) bond motifs is 2. The summed E-state index contributed by atoms with van der Waals surface area (Å²) in [5.74, 6) is 1.29. The average molecular weight is 310 g/mol. The zero-order chi connectivity index (χ0) is 15.0. The van der Waals surface area contributed by atoms with Crippen molar-refractivity contribution >= 4 is 17.5 Å². The minimum absolute atomic E-state index is 0.0295. The third-order valence-corrected chi connectivity index (χ3v) is 4.90. The fourth-order valence-corrected chi connectivity index (χ4v) is 3.97. The Balaban J connectivity index is 1.92. The van der Waals surface area contributed by atoms with Gasteiger partial charge in [-0.15, -0.1) is 11.6 Å². The minimum atomic E-state index is 0.0295. The summed E-state index contributed by atoms with van der Waals surface area (Å²) in [5, 5.41) is 0.193. The summed E-state index contributed by atoms with van der Waals surface area (Å²) < 4.78 is 10.6. The monoisotopic (exact) mass is 309 g/mol. The molecule has 0 aliphatic carbocycles. The number of alkyl halides is 1. The van der Waals surface area contributed by atoms with Gasteiger partial charge < -0.3 is 14.4 Å². The van der Waals surface area contributed by atoms with Gasteiger partial charge in [0.05, 0.1) is 19.8 Å². The molecule has 2 atom stereocenters. The molecule has 0 saturated carbocycles. The highest BCUT2D eigenvalue weighted by Crippen LogP contribution is 2.39. The molecular formula is C16H20ClNO3. The predicted molar refractivity (Wildman–Crippen MR) is 81.4 cm³/mol. The van der Waals surface area contributed by atoms with Crippen molar-refractivity contribution in [3.63, 3.8) is 0 Å². The van der Waals surface area contributed by atoms with Gasteiger partial charge in [-0.2, -0.15) is 0 Å². The Hall–Kier alpha value is -1.42. The van der Waals surface area contributed by atoms with E-state index < -0.39 is 0 Å². The maximum absolute atomic E-state index is 13.0. The van der Waals surface area contributed by atoms with Crippen LogP contribution in [0, 0.1) is 0 Å². The zero-order valence-electron chi connectivity index (χ0n) is 12.3. The van der Waals surface area contributed by atoms with Crippen molar-refractivity contribution in [1.82, 2.24) is 4.90 Å². The van der Waals surface area contributed by atoms with Gasteiger partial charge in [0, 0.05) is 17.5 Å². The zero-order valence-corrected chi connectivity index (χ0v) is 13.1. The predicted octanol–water partition coefficient (Wildman–Crippen LogP) is 3.08. The van der Waals surface area contributed by atoms with E-state index in [9.17, 15) is 4.79 Å². The lowest BCUT2D eigenvalue weighted by atomic mass is 10.0. The number of carbonyl (C=O) groups is 1. The summed E-state index contributed by atoms with van der Waals surface area (Å²) in [5.41, 5.74) is 0.571. The maximum Gasteiger partial charge on any atom is 0.258 e. The highest BCUT2D eigenvalue weighted by molar-refractivity contribution is 6.20. The number of hydrogen-bond donors (Lipinski definition) is 0. The van der Waals surface area contributed by atoms with Crippen LogP contribution in [0.15, 0.2) is 18.2 Å². The Kier molecular flexibility index (Phi) is 3.98. The van der Waals surface area contributed by atoms with Crippen molar-refractivity contribution in [2.75, 3.05) is 14.2 Å². The molecular weight excluding hydrogens is 290 g/mol. The molecule has 114 valence electrons. The molecule has 2 aliphatic rings. The van der Waals surface area contributed by atoms with Crippen LogP contribution in [0.4, 0.5) is 0 Å². The first-order valence-corrected chi connectivity index (χ1v) is 7.76. The van der Waals surface area contributed by atoms with E-state index >= 15 is 0 Å². The molecule has 21 heavy (non-hydrogen) atoms. The molecule has 2 fully saturated rings. The van der Waals surface area contributed by atoms with Crippen LogP contribution in [0.25, 0.3) is 0 Å².